The molecule has 3 aromatic rings. The molecule has 0 amide bonds. The lowest BCUT2D eigenvalue weighted by Crippen LogP contribution is -2.61. The van der Waals surface area contributed by atoms with Crippen LogP contribution in [0.3, 0.4) is 0 Å². The number of piperazine rings is 1. The molecule has 2 aromatic heterocycles. The molecule has 0 radical (unpaired) electrons. The maximum atomic E-state index is 6.52. The maximum Gasteiger partial charge on any atom is 0.214 e. The zero-order valence-electron chi connectivity index (χ0n) is 22.3. The highest BCUT2D eigenvalue weighted by Gasteiger charge is 2.42. The first-order valence-corrected chi connectivity index (χ1v) is 12.8. The van der Waals surface area contributed by atoms with E-state index < -0.39 is 5.79 Å². The Kier molecular flexibility index (Phi) is 6.52. The fourth-order valence-corrected chi connectivity index (χ4v) is 4.80. The summed E-state index contributed by atoms with van der Waals surface area (Å²) in [6.07, 6.45) is 3.98. The first-order chi connectivity index (χ1) is 18.0. The third kappa shape index (κ3) is 4.67. The molecule has 38 heavy (non-hydrogen) atoms. The molecule has 0 spiro atoms. The van der Waals surface area contributed by atoms with Gasteiger partial charge < -0.3 is 29.4 Å². The van der Waals surface area contributed by atoms with Crippen LogP contribution in [0.2, 0.25) is 5.02 Å². The number of ether oxygens (including phenoxy) is 2. The number of anilines is 1. The van der Waals surface area contributed by atoms with Crippen molar-refractivity contribution in [3.05, 3.63) is 41.7 Å². The van der Waals surface area contributed by atoms with Crippen LogP contribution in [-0.2, 0) is 0 Å². The van der Waals surface area contributed by atoms with Crippen molar-refractivity contribution in [3.63, 3.8) is 0 Å². The number of hydrogen-bond donors (Lipinski definition) is 3. The SMILES string of the molecule is COc1cc(OC)c(-c2cn3ccc(N4CCN(C5=NC(N)(C(C)(C)C)N=C(N)N5)CC4)cc3n2)cc1Cl. The minimum absolute atomic E-state index is 0.283. The van der Waals surface area contributed by atoms with Gasteiger partial charge in [0, 0.05) is 67.4 Å². The average Bonchev–Trinajstić information content (AvgIpc) is 3.31. The lowest BCUT2D eigenvalue weighted by Gasteiger charge is -2.42. The van der Waals surface area contributed by atoms with Crippen molar-refractivity contribution in [2.75, 3.05) is 45.3 Å². The molecular formula is C26H34ClN9O2. The number of halogens is 1. The lowest BCUT2D eigenvalue weighted by molar-refractivity contribution is 0.199. The summed E-state index contributed by atoms with van der Waals surface area (Å²) in [6.45, 7) is 9.13. The summed E-state index contributed by atoms with van der Waals surface area (Å²) < 4.78 is 12.9. The molecule has 2 aliphatic heterocycles. The zero-order chi connectivity index (χ0) is 27.2. The largest absolute Gasteiger partial charge is 0.496 e. The predicted molar refractivity (Wildman–Crippen MR) is 151 cm³/mol. The number of aliphatic imine (C=N–C) groups is 2. The summed E-state index contributed by atoms with van der Waals surface area (Å²) in [5.74, 6) is 1.02. The van der Waals surface area contributed by atoms with E-state index in [1.807, 2.05) is 43.6 Å². The van der Waals surface area contributed by atoms with E-state index in [1.54, 1.807) is 20.3 Å². The van der Waals surface area contributed by atoms with Gasteiger partial charge in [-0.05, 0) is 12.1 Å². The molecule has 202 valence electrons. The van der Waals surface area contributed by atoms with Gasteiger partial charge >= 0.3 is 0 Å². The second-order valence-corrected chi connectivity index (χ2v) is 10.9. The van der Waals surface area contributed by atoms with E-state index in [-0.39, 0.29) is 11.4 Å². The fraction of sp³-hybridized carbons (Fsp3) is 0.423. The summed E-state index contributed by atoms with van der Waals surface area (Å²) in [4.78, 5) is 18.5. The van der Waals surface area contributed by atoms with E-state index in [9.17, 15) is 0 Å². The molecule has 5 N–H and O–H groups in total. The average molecular weight is 540 g/mol. The van der Waals surface area contributed by atoms with Gasteiger partial charge in [-0.2, -0.15) is 0 Å². The molecule has 1 unspecified atom stereocenters. The van der Waals surface area contributed by atoms with Crippen molar-refractivity contribution in [2.45, 2.75) is 26.6 Å². The Labute approximate surface area is 227 Å². The summed E-state index contributed by atoms with van der Waals surface area (Å²) >= 11 is 6.39. The number of nitrogens with two attached hydrogens (primary N) is 2. The number of methoxy groups -OCH3 is 2. The highest BCUT2D eigenvalue weighted by molar-refractivity contribution is 6.32. The van der Waals surface area contributed by atoms with Crippen LogP contribution in [0.4, 0.5) is 5.69 Å². The van der Waals surface area contributed by atoms with E-state index in [0.29, 0.717) is 22.5 Å². The molecule has 1 fully saturated rings. The number of nitrogens with zero attached hydrogens (tertiary/aromatic N) is 6. The lowest BCUT2D eigenvalue weighted by atomic mass is 9.88. The van der Waals surface area contributed by atoms with E-state index in [2.05, 4.69) is 32.2 Å². The molecule has 0 saturated carbocycles. The standard InChI is InChI=1S/C26H34ClN9O2/c1-25(2,3)26(29)32-23(28)31-24(33-26)35-10-8-34(9-11-35)16-6-7-36-15-19(30-22(36)12-16)17-13-18(27)21(38-5)14-20(17)37-4/h6-7,12-15H,8-11,29H2,1-5H3,(H3,28,31,32,33). The second kappa shape index (κ2) is 9.55. The Morgan fingerprint density at radius 3 is 2.34 bits per heavy atom. The molecule has 2 aliphatic rings. The second-order valence-electron chi connectivity index (χ2n) is 10.5. The Morgan fingerprint density at radius 1 is 1.00 bits per heavy atom. The zero-order valence-corrected chi connectivity index (χ0v) is 23.1. The number of rotatable bonds is 4. The van der Waals surface area contributed by atoms with Crippen molar-refractivity contribution < 1.29 is 9.47 Å². The van der Waals surface area contributed by atoms with E-state index in [1.165, 1.54) is 0 Å². The summed E-state index contributed by atoms with van der Waals surface area (Å²) in [5, 5.41) is 3.59. The topological polar surface area (TPSA) is 131 Å². The van der Waals surface area contributed by atoms with E-state index >= 15 is 0 Å². The number of fused-ring (bicyclic) bond motifs is 1. The number of aromatic nitrogens is 2. The Morgan fingerprint density at radius 2 is 1.68 bits per heavy atom. The van der Waals surface area contributed by atoms with Gasteiger partial charge in [-0.15, -0.1) is 0 Å². The van der Waals surface area contributed by atoms with Crippen LogP contribution in [-0.4, -0.2) is 72.4 Å². The molecule has 1 saturated heterocycles. The number of pyridine rings is 1. The monoisotopic (exact) mass is 539 g/mol. The quantitative estimate of drug-likeness (QED) is 0.461. The normalized spacial score (nSPS) is 20.2. The Bertz CT molecular complexity index is 1420. The van der Waals surface area contributed by atoms with E-state index in [4.69, 9.17) is 42.5 Å². The molecular weight excluding hydrogens is 506 g/mol. The Hall–Kier alpha value is -3.70. The number of guanidine groups is 2. The minimum Gasteiger partial charge on any atom is -0.496 e. The van der Waals surface area contributed by atoms with Gasteiger partial charge in [0.2, 0.25) is 11.7 Å². The van der Waals surface area contributed by atoms with Crippen molar-refractivity contribution in [2.24, 2.45) is 26.9 Å². The van der Waals surface area contributed by atoms with Gasteiger partial charge in [0.15, 0.2) is 5.96 Å². The third-order valence-electron chi connectivity index (χ3n) is 7.05. The van der Waals surface area contributed by atoms with E-state index in [0.717, 1.165) is 48.8 Å². The fourth-order valence-electron chi connectivity index (χ4n) is 4.56. The van der Waals surface area contributed by atoms with Crippen molar-refractivity contribution in [1.29, 1.82) is 0 Å². The van der Waals surface area contributed by atoms with Gasteiger partial charge in [-0.3, -0.25) is 11.1 Å². The number of imidazole rings is 1. The van der Waals surface area contributed by atoms with Crippen LogP contribution in [0.15, 0.2) is 46.6 Å². The van der Waals surface area contributed by atoms with Crippen LogP contribution < -0.4 is 31.2 Å². The van der Waals surface area contributed by atoms with Gasteiger partial charge in [-0.25, -0.2) is 15.0 Å². The summed E-state index contributed by atoms with van der Waals surface area (Å²) in [7, 11) is 3.19. The number of hydrogen-bond acceptors (Lipinski definition) is 10. The van der Waals surface area contributed by atoms with Gasteiger partial charge in [0.05, 0.1) is 24.9 Å². The van der Waals surface area contributed by atoms with Crippen LogP contribution in [0.5, 0.6) is 11.5 Å². The highest BCUT2D eigenvalue weighted by atomic mass is 35.5. The molecule has 0 aliphatic carbocycles. The Balaban J connectivity index is 1.34. The summed E-state index contributed by atoms with van der Waals surface area (Å²) in [5.41, 5.74) is 15.7. The van der Waals surface area contributed by atoms with Crippen LogP contribution in [0.25, 0.3) is 16.9 Å². The number of benzene rings is 1. The molecule has 4 heterocycles. The van der Waals surface area contributed by atoms with Crippen molar-refractivity contribution in [1.82, 2.24) is 19.6 Å². The van der Waals surface area contributed by atoms with Gasteiger partial charge in [0.1, 0.15) is 17.1 Å². The first-order valence-electron chi connectivity index (χ1n) is 12.4. The molecule has 11 nitrogen and oxygen atoms in total. The summed E-state index contributed by atoms with van der Waals surface area (Å²) in [6, 6.07) is 7.77. The molecule has 12 heteroatoms. The minimum atomic E-state index is -1.12. The third-order valence-corrected chi connectivity index (χ3v) is 7.34. The molecule has 5 rings (SSSR count). The predicted octanol–water partition coefficient (Wildman–Crippen LogP) is 2.73. The van der Waals surface area contributed by atoms with Crippen LogP contribution >= 0.6 is 11.6 Å². The molecule has 0 bridgehead atoms. The molecule has 1 atom stereocenters. The van der Waals surface area contributed by atoms with Crippen molar-refractivity contribution >= 4 is 34.9 Å². The molecule has 1 aromatic carbocycles. The first kappa shape index (κ1) is 25.9. The smallest absolute Gasteiger partial charge is 0.214 e. The number of nitrogens with one attached hydrogen (secondary N) is 1. The maximum absolute atomic E-state index is 6.52. The van der Waals surface area contributed by atoms with Gasteiger partial charge in [-0.1, -0.05) is 32.4 Å². The van der Waals surface area contributed by atoms with Gasteiger partial charge in [0.25, 0.3) is 0 Å². The highest BCUT2D eigenvalue weighted by Crippen LogP contribution is 2.38. The van der Waals surface area contributed by atoms with Crippen LogP contribution in [0, 0.1) is 5.41 Å². The van der Waals surface area contributed by atoms with Crippen molar-refractivity contribution in [3.8, 4) is 22.8 Å². The van der Waals surface area contributed by atoms with Crippen LogP contribution in [0.1, 0.15) is 20.8 Å².